The summed E-state index contributed by atoms with van der Waals surface area (Å²) in [6.45, 7) is 1.74. The van der Waals surface area contributed by atoms with Crippen LogP contribution in [0.25, 0.3) is 0 Å². The van der Waals surface area contributed by atoms with Gasteiger partial charge < -0.3 is 20.6 Å². The van der Waals surface area contributed by atoms with Gasteiger partial charge in [0.05, 0.1) is 19.9 Å². The first-order valence-electron chi connectivity index (χ1n) is 5.51. The third kappa shape index (κ3) is 3.35. The Labute approximate surface area is 107 Å². The molecule has 1 aromatic rings. The van der Waals surface area contributed by atoms with E-state index in [0.29, 0.717) is 17.1 Å². The van der Waals surface area contributed by atoms with E-state index in [4.69, 9.17) is 15.3 Å². The Morgan fingerprint density at radius 3 is 2.67 bits per heavy atom. The first-order valence-corrected chi connectivity index (χ1v) is 5.51. The van der Waals surface area contributed by atoms with E-state index in [2.05, 4.69) is 5.32 Å². The highest BCUT2D eigenvalue weighted by molar-refractivity contribution is 5.96. The van der Waals surface area contributed by atoms with Crippen molar-refractivity contribution in [2.24, 2.45) is 0 Å². The number of nitrogens with zero attached hydrogens (tertiary/aromatic N) is 1. The average molecular weight is 253 g/mol. The first kappa shape index (κ1) is 14.3. The molecule has 0 fully saturated rings. The molecule has 0 saturated carbocycles. The van der Waals surface area contributed by atoms with Crippen LogP contribution in [0.5, 0.6) is 5.75 Å². The summed E-state index contributed by atoms with van der Waals surface area (Å²) in [6.07, 6.45) is 0. The van der Waals surface area contributed by atoms with E-state index in [1.54, 1.807) is 32.2 Å². The normalized spacial score (nSPS) is 12.3. The lowest BCUT2D eigenvalue weighted by molar-refractivity contribution is -0.154. The van der Waals surface area contributed by atoms with Gasteiger partial charge in [0, 0.05) is 18.8 Å². The number of anilines is 2. The molecule has 0 aromatic heterocycles. The van der Waals surface area contributed by atoms with Gasteiger partial charge in [-0.05, 0) is 19.1 Å². The van der Waals surface area contributed by atoms with Crippen molar-refractivity contribution in [1.82, 2.24) is 5.06 Å². The highest BCUT2D eigenvalue weighted by atomic mass is 16.7. The zero-order chi connectivity index (χ0) is 13.7. The van der Waals surface area contributed by atoms with Gasteiger partial charge in [0.15, 0.2) is 0 Å². The van der Waals surface area contributed by atoms with Crippen molar-refractivity contribution in [2.75, 3.05) is 32.3 Å². The minimum Gasteiger partial charge on any atom is -0.494 e. The summed E-state index contributed by atoms with van der Waals surface area (Å²) in [6, 6.07) is 4.63. The van der Waals surface area contributed by atoms with Crippen LogP contribution in [-0.2, 0) is 9.63 Å². The molecule has 0 radical (unpaired) electrons. The number of likely N-dealkylation sites (N-methyl/N-ethyl adjacent to an activating group) is 1. The van der Waals surface area contributed by atoms with Crippen LogP contribution in [0, 0.1) is 0 Å². The number of rotatable bonds is 5. The molecule has 1 rings (SSSR count). The van der Waals surface area contributed by atoms with E-state index in [0.717, 1.165) is 0 Å². The fraction of sp³-hybridized carbons (Fsp3) is 0.417. The molecule has 0 aliphatic carbocycles. The van der Waals surface area contributed by atoms with Crippen molar-refractivity contribution in [1.29, 1.82) is 0 Å². The molecule has 6 heteroatoms. The van der Waals surface area contributed by atoms with Crippen molar-refractivity contribution < 1.29 is 14.4 Å². The zero-order valence-corrected chi connectivity index (χ0v) is 11.1. The third-order valence-corrected chi connectivity index (χ3v) is 2.70. The smallest absolute Gasteiger partial charge is 0.243 e. The summed E-state index contributed by atoms with van der Waals surface area (Å²) in [4.78, 5) is 16.9. The molecule has 3 N–H and O–H groups in total. The molecule has 0 spiro atoms. The van der Waals surface area contributed by atoms with Crippen LogP contribution in [0.4, 0.5) is 11.4 Å². The lowest BCUT2D eigenvalue weighted by atomic mass is 10.2. The largest absolute Gasteiger partial charge is 0.494 e. The van der Waals surface area contributed by atoms with Gasteiger partial charge in [-0.1, -0.05) is 0 Å². The number of carbonyl (C=O) groups is 1. The maximum atomic E-state index is 11.9. The highest BCUT2D eigenvalue weighted by Crippen LogP contribution is 2.26. The Bertz CT molecular complexity index is 423. The van der Waals surface area contributed by atoms with Gasteiger partial charge >= 0.3 is 0 Å². The predicted octanol–water partition coefficient (Wildman–Crippen LogP) is 1.10. The molecule has 1 amide bonds. The molecule has 1 unspecified atom stereocenters. The molecule has 0 aliphatic rings. The van der Waals surface area contributed by atoms with Crippen LogP contribution >= 0.6 is 0 Å². The monoisotopic (exact) mass is 253 g/mol. The number of hydrogen-bond donors (Lipinski definition) is 2. The number of carbonyl (C=O) groups excluding carboxylic acids is 1. The Morgan fingerprint density at radius 1 is 1.44 bits per heavy atom. The number of hydroxylamine groups is 2. The maximum absolute atomic E-state index is 11.9. The van der Waals surface area contributed by atoms with E-state index in [-0.39, 0.29) is 5.91 Å². The van der Waals surface area contributed by atoms with Gasteiger partial charge in [-0.15, -0.1) is 0 Å². The van der Waals surface area contributed by atoms with Crippen LogP contribution in [0.3, 0.4) is 0 Å². The molecule has 1 aromatic carbocycles. The Kier molecular flexibility index (Phi) is 4.94. The van der Waals surface area contributed by atoms with E-state index in [1.807, 2.05) is 0 Å². The summed E-state index contributed by atoms with van der Waals surface area (Å²) in [5.41, 5.74) is 6.80. The van der Waals surface area contributed by atoms with Gasteiger partial charge in [0.1, 0.15) is 11.8 Å². The number of hydrogen-bond acceptors (Lipinski definition) is 5. The van der Waals surface area contributed by atoms with E-state index >= 15 is 0 Å². The predicted molar refractivity (Wildman–Crippen MR) is 70.3 cm³/mol. The molecular weight excluding hydrogens is 234 g/mol. The average Bonchev–Trinajstić information content (AvgIpc) is 2.38. The topological polar surface area (TPSA) is 76.8 Å². The molecule has 0 aliphatic heterocycles. The minimum absolute atomic E-state index is 0.192. The second kappa shape index (κ2) is 6.23. The number of nitrogen functional groups attached to an aromatic ring is 1. The molecule has 0 bridgehead atoms. The fourth-order valence-corrected chi connectivity index (χ4v) is 1.37. The summed E-state index contributed by atoms with van der Waals surface area (Å²) in [5, 5.41) is 4.22. The van der Waals surface area contributed by atoms with Crippen molar-refractivity contribution in [3.63, 3.8) is 0 Å². The number of methoxy groups -OCH3 is 1. The summed E-state index contributed by atoms with van der Waals surface area (Å²) < 4.78 is 5.15. The van der Waals surface area contributed by atoms with Crippen LogP contribution < -0.4 is 15.8 Å². The Balaban J connectivity index is 2.81. The highest BCUT2D eigenvalue weighted by Gasteiger charge is 2.19. The van der Waals surface area contributed by atoms with Gasteiger partial charge in [0.2, 0.25) is 5.91 Å². The van der Waals surface area contributed by atoms with E-state index in [9.17, 15) is 4.79 Å². The molecule has 6 nitrogen and oxygen atoms in total. The number of nitrogens with two attached hydrogens (primary N) is 1. The standard InChI is InChI=1S/C12H19N3O3/c1-8(15(2)18-4)12(16)14-10-6-5-9(13)7-11(10)17-3/h5-8H,13H2,1-4H3,(H,14,16). The SMILES string of the molecule is COc1cc(N)ccc1NC(=O)C(C)N(C)OC. The van der Waals surface area contributed by atoms with Crippen LogP contribution in [-0.4, -0.2) is 38.3 Å². The second-order valence-corrected chi connectivity index (χ2v) is 3.85. The Morgan fingerprint density at radius 2 is 2.11 bits per heavy atom. The number of amides is 1. The van der Waals surface area contributed by atoms with Gasteiger partial charge in [0.25, 0.3) is 0 Å². The molecule has 1 atom stereocenters. The van der Waals surface area contributed by atoms with Crippen LogP contribution in [0.15, 0.2) is 18.2 Å². The number of benzene rings is 1. The van der Waals surface area contributed by atoms with Crippen molar-refractivity contribution in [3.8, 4) is 5.75 Å². The van der Waals surface area contributed by atoms with Crippen LogP contribution in [0.2, 0.25) is 0 Å². The van der Waals surface area contributed by atoms with E-state index < -0.39 is 6.04 Å². The summed E-state index contributed by atoms with van der Waals surface area (Å²) in [5.74, 6) is 0.332. The zero-order valence-electron chi connectivity index (χ0n) is 11.1. The molecular formula is C12H19N3O3. The first-order chi connectivity index (χ1) is 8.49. The lowest BCUT2D eigenvalue weighted by Crippen LogP contribution is -2.38. The van der Waals surface area contributed by atoms with Crippen molar-refractivity contribution in [2.45, 2.75) is 13.0 Å². The maximum Gasteiger partial charge on any atom is 0.243 e. The third-order valence-electron chi connectivity index (χ3n) is 2.70. The summed E-state index contributed by atoms with van der Waals surface area (Å²) in [7, 11) is 4.72. The lowest BCUT2D eigenvalue weighted by Gasteiger charge is -2.21. The fourth-order valence-electron chi connectivity index (χ4n) is 1.37. The molecule has 0 heterocycles. The summed E-state index contributed by atoms with van der Waals surface area (Å²) >= 11 is 0. The Hall–Kier alpha value is -1.79. The van der Waals surface area contributed by atoms with Crippen LogP contribution in [0.1, 0.15) is 6.92 Å². The number of ether oxygens (including phenoxy) is 1. The minimum atomic E-state index is -0.419. The number of nitrogens with one attached hydrogen (secondary N) is 1. The van der Waals surface area contributed by atoms with Crippen molar-refractivity contribution >= 4 is 17.3 Å². The van der Waals surface area contributed by atoms with E-state index in [1.165, 1.54) is 19.3 Å². The molecule has 18 heavy (non-hydrogen) atoms. The van der Waals surface area contributed by atoms with Gasteiger partial charge in [-0.25, -0.2) is 0 Å². The molecule has 0 saturated heterocycles. The molecule has 100 valence electrons. The second-order valence-electron chi connectivity index (χ2n) is 3.85. The van der Waals surface area contributed by atoms with Gasteiger partial charge in [-0.2, -0.15) is 5.06 Å². The van der Waals surface area contributed by atoms with Gasteiger partial charge in [-0.3, -0.25) is 4.79 Å². The quantitative estimate of drug-likeness (QED) is 0.607. The van der Waals surface area contributed by atoms with Crippen molar-refractivity contribution in [3.05, 3.63) is 18.2 Å².